The molecule has 0 saturated heterocycles. The first-order valence-corrected chi connectivity index (χ1v) is 11.1. The lowest BCUT2D eigenvalue weighted by Gasteiger charge is -2.19. The lowest BCUT2D eigenvalue weighted by molar-refractivity contribution is -0.121. The highest BCUT2D eigenvalue weighted by Gasteiger charge is 2.45. The zero-order chi connectivity index (χ0) is 19.2. The molecule has 27 heavy (non-hydrogen) atoms. The SMILES string of the molecule is CCNC(=O)CCCC=C1C[C@H]2C[C@@H](O)[C@H](C=C[C@@H](O)C3CCCC3)[C@H]2C1. The van der Waals surface area contributed by atoms with Crippen molar-refractivity contribution >= 4 is 5.91 Å². The molecule has 1 amide bonds. The fourth-order valence-corrected chi connectivity index (χ4v) is 5.49. The molecule has 4 nitrogen and oxygen atoms in total. The van der Waals surface area contributed by atoms with Gasteiger partial charge in [0.1, 0.15) is 0 Å². The maximum Gasteiger partial charge on any atom is 0.219 e. The molecule has 152 valence electrons. The smallest absolute Gasteiger partial charge is 0.219 e. The molecule has 0 unspecified atom stereocenters. The summed E-state index contributed by atoms with van der Waals surface area (Å²) in [6.45, 7) is 2.65. The van der Waals surface area contributed by atoms with Crippen molar-refractivity contribution in [3.05, 3.63) is 23.8 Å². The summed E-state index contributed by atoms with van der Waals surface area (Å²) in [6.07, 6.45) is 16.1. The van der Waals surface area contributed by atoms with Crippen molar-refractivity contribution in [3.63, 3.8) is 0 Å². The minimum absolute atomic E-state index is 0.147. The van der Waals surface area contributed by atoms with Gasteiger partial charge >= 0.3 is 0 Å². The van der Waals surface area contributed by atoms with Crippen LogP contribution in [0, 0.1) is 23.7 Å². The van der Waals surface area contributed by atoms with E-state index < -0.39 is 0 Å². The first-order chi connectivity index (χ1) is 13.1. The number of unbranched alkanes of at least 4 members (excludes halogenated alkanes) is 1. The largest absolute Gasteiger partial charge is 0.392 e. The Balaban J connectivity index is 1.48. The number of aliphatic hydroxyl groups is 2. The molecular formula is C23H37NO3. The summed E-state index contributed by atoms with van der Waals surface area (Å²) in [7, 11) is 0. The van der Waals surface area contributed by atoms with Crippen molar-refractivity contribution in [1.82, 2.24) is 5.32 Å². The van der Waals surface area contributed by atoms with Crippen LogP contribution in [0.1, 0.15) is 71.1 Å². The molecule has 3 rings (SSSR count). The number of hydrogen-bond acceptors (Lipinski definition) is 3. The van der Waals surface area contributed by atoms with Gasteiger partial charge in [-0.05, 0) is 69.6 Å². The first-order valence-electron chi connectivity index (χ1n) is 11.1. The van der Waals surface area contributed by atoms with Gasteiger partial charge in [-0.15, -0.1) is 0 Å². The van der Waals surface area contributed by atoms with Crippen molar-refractivity contribution < 1.29 is 15.0 Å². The molecule has 0 heterocycles. The number of nitrogens with one attached hydrogen (secondary N) is 1. The molecule has 0 aliphatic heterocycles. The van der Waals surface area contributed by atoms with Gasteiger partial charge in [0.25, 0.3) is 0 Å². The van der Waals surface area contributed by atoms with Gasteiger partial charge in [0.2, 0.25) is 5.91 Å². The molecule has 3 N–H and O–H groups in total. The van der Waals surface area contributed by atoms with Crippen LogP contribution in [-0.2, 0) is 4.79 Å². The summed E-state index contributed by atoms with van der Waals surface area (Å²) in [5, 5.41) is 23.7. The van der Waals surface area contributed by atoms with Gasteiger partial charge in [0.05, 0.1) is 12.2 Å². The van der Waals surface area contributed by atoms with Crippen LogP contribution in [0.4, 0.5) is 0 Å². The van der Waals surface area contributed by atoms with Crippen molar-refractivity contribution in [1.29, 1.82) is 0 Å². The van der Waals surface area contributed by atoms with E-state index in [1.54, 1.807) is 0 Å². The third-order valence-electron chi connectivity index (χ3n) is 6.94. The minimum atomic E-state index is -0.343. The van der Waals surface area contributed by atoms with Crippen LogP contribution in [0.3, 0.4) is 0 Å². The van der Waals surface area contributed by atoms with Crippen LogP contribution in [0.5, 0.6) is 0 Å². The van der Waals surface area contributed by atoms with Gasteiger partial charge in [-0.2, -0.15) is 0 Å². The Kier molecular flexibility index (Phi) is 7.54. The maximum absolute atomic E-state index is 11.5. The number of fused-ring (bicyclic) bond motifs is 1. The fourth-order valence-electron chi connectivity index (χ4n) is 5.49. The number of amides is 1. The van der Waals surface area contributed by atoms with Gasteiger partial charge in [-0.1, -0.05) is 36.6 Å². The normalized spacial score (nSPS) is 33.8. The van der Waals surface area contributed by atoms with Crippen molar-refractivity contribution in [2.75, 3.05) is 6.54 Å². The Hall–Kier alpha value is -1.13. The first kappa shape index (κ1) is 20.6. The molecule has 0 aromatic carbocycles. The van der Waals surface area contributed by atoms with Crippen LogP contribution in [0.15, 0.2) is 23.8 Å². The third-order valence-corrected chi connectivity index (χ3v) is 6.94. The number of hydrogen-bond donors (Lipinski definition) is 3. The summed E-state index contributed by atoms with van der Waals surface area (Å²) in [5.74, 6) is 1.84. The number of aliphatic hydroxyl groups excluding tert-OH is 2. The second-order valence-electron chi connectivity index (χ2n) is 8.84. The number of carbonyl (C=O) groups excluding carboxylic acids is 1. The fraction of sp³-hybridized carbons (Fsp3) is 0.783. The van der Waals surface area contributed by atoms with Crippen LogP contribution < -0.4 is 5.32 Å². The summed E-state index contributed by atoms with van der Waals surface area (Å²) in [4.78, 5) is 11.5. The number of carbonyl (C=O) groups is 1. The van der Waals surface area contributed by atoms with Gasteiger partial charge in [-0.25, -0.2) is 0 Å². The highest BCUT2D eigenvalue weighted by molar-refractivity contribution is 5.75. The van der Waals surface area contributed by atoms with E-state index in [-0.39, 0.29) is 24.0 Å². The van der Waals surface area contributed by atoms with Crippen molar-refractivity contribution in [3.8, 4) is 0 Å². The molecule has 3 aliphatic rings. The zero-order valence-corrected chi connectivity index (χ0v) is 16.8. The van der Waals surface area contributed by atoms with E-state index in [4.69, 9.17) is 0 Å². The molecule has 3 saturated carbocycles. The van der Waals surface area contributed by atoms with E-state index in [0.29, 0.717) is 30.7 Å². The average molecular weight is 376 g/mol. The van der Waals surface area contributed by atoms with Gasteiger partial charge in [0.15, 0.2) is 0 Å². The Bertz CT molecular complexity index is 550. The van der Waals surface area contributed by atoms with Crippen molar-refractivity contribution in [2.45, 2.75) is 83.3 Å². The molecule has 5 atom stereocenters. The predicted octanol–water partition coefficient (Wildman–Crippen LogP) is 3.73. The summed E-state index contributed by atoms with van der Waals surface area (Å²) in [6, 6.07) is 0. The molecule has 3 aliphatic carbocycles. The monoisotopic (exact) mass is 375 g/mol. The second-order valence-corrected chi connectivity index (χ2v) is 8.84. The summed E-state index contributed by atoms with van der Waals surface area (Å²) >= 11 is 0. The van der Waals surface area contributed by atoms with E-state index in [0.717, 1.165) is 44.9 Å². The number of rotatable bonds is 8. The maximum atomic E-state index is 11.5. The highest BCUT2D eigenvalue weighted by atomic mass is 16.3. The lowest BCUT2D eigenvalue weighted by Crippen LogP contribution is -2.21. The number of allylic oxidation sites excluding steroid dienone is 2. The van der Waals surface area contributed by atoms with E-state index in [1.165, 1.54) is 18.4 Å². The Labute approximate surface area is 164 Å². The molecule has 0 spiro atoms. The Morgan fingerprint density at radius 2 is 2.07 bits per heavy atom. The average Bonchev–Trinajstić information content (AvgIpc) is 3.34. The quantitative estimate of drug-likeness (QED) is 0.447. The zero-order valence-electron chi connectivity index (χ0n) is 16.8. The minimum Gasteiger partial charge on any atom is -0.392 e. The molecular weight excluding hydrogens is 338 g/mol. The second kappa shape index (κ2) is 9.88. The van der Waals surface area contributed by atoms with E-state index in [2.05, 4.69) is 17.5 Å². The van der Waals surface area contributed by atoms with Gasteiger partial charge in [-0.3, -0.25) is 4.79 Å². The van der Waals surface area contributed by atoms with Gasteiger partial charge in [0, 0.05) is 18.9 Å². The molecule has 3 fully saturated rings. The highest BCUT2D eigenvalue weighted by Crippen LogP contribution is 2.50. The summed E-state index contributed by atoms with van der Waals surface area (Å²) in [5.41, 5.74) is 1.50. The topological polar surface area (TPSA) is 69.6 Å². The van der Waals surface area contributed by atoms with Crippen molar-refractivity contribution in [2.24, 2.45) is 23.7 Å². The third kappa shape index (κ3) is 5.45. The Morgan fingerprint density at radius 1 is 1.30 bits per heavy atom. The van der Waals surface area contributed by atoms with E-state index in [9.17, 15) is 15.0 Å². The molecule has 4 heteroatoms. The molecule has 0 aromatic heterocycles. The lowest BCUT2D eigenvalue weighted by atomic mass is 9.89. The van der Waals surface area contributed by atoms with Crippen LogP contribution in [0.2, 0.25) is 0 Å². The molecule has 0 radical (unpaired) electrons. The molecule has 0 bridgehead atoms. The predicted molar refractivity (Wildman–Crippen MR) is 108 cm³/mol. The van der Waals surface area contributed by atoms with E-state index in [1.807, 2.05) is 13.0 Å². The summed E-state index contributed by atoms with van der Waals surface area (Å²) < 4.78 is 0. The van der Waals surface area contributed by atoms with Crippen LogP contribution >= 0.6 is 0 Å². The van der Waals surface area contributed by atoms with Crippen LogP contribution in [0.25, 0.3) is 0 Å². The van der Waals surface area contributed by atoms with Crippen LogP contribution in [-0.4, -0.2) is 34.9 Å². The Morgan fingerprint density at radius 3 is 2.81 bits per heavy atom. The van der Waals surface area contributed by atoms with E-state index >= 15 is 0 Å². The van der Waals surface area contributed by atoms with Gasteiger partial charge < -0.3 is 15.5 Å². The standard InChI is InChI=1S/C23H37NO3/c1-2-24-23(27)10-6-3-7-16-13-18-15-22(26)19(20(18)14-16)11-12-21(25)17-8-4-5-9-17/h7,11-12,17-22,25-26H,2-6,8-10,13-15H2,1H3,(H,24,27)/t18-,19+,20-,21+,22+/m0/s1. The molecule has 0 aromatic rings.